The van der Waals surface area contributed by atoms with Crippen LogP contribution in [0.1, 0.15) is 6.42 Å². The molecule has 0 radical (unpaired) electrons. The van der Waals surface area contributed by atoms with Crippen LogP contribution in [-0.4, -0.2) is 55.4 Å². The van der Waals surface area contributed by atoms with E-state index in [2.05, 4.69) is 10.2 Å². The van der Waals surface area contributed by atoms with Crippen LogP contribution in [0.25, 0.3) is 0 Å². The van der Waals surface area contributed by atoms with Gasteiger partial charge in [0.25, 0.3) is 0 Å². The average molecular weight is 173 g/mol. The molecule has 4 N–H and O–H groups in total. The van der Waals surface area contributed by atoms with Crippen molar-refractivity contribution in [2.24, 2.45) is 5.73 Å². The summed E-state index contributed by atoms with van der Waals surface area (Å²) >= 11 is 0. The van der Waals surface area contributed by atoms with Crippen molar-refractivity contribution in [1.29, 1.82) is 0 Å². The van der Waals surface area contributed by atoms with Gasteiger partial charge in [-0.2, -0.15) is 0 Å². The van der Waals surface area contributed by atoms with Gasteiger partial charge in [0.05, 0.1) is 0 Å². The summed E-state index contributed by atoms with van der Waals surface area (Å²) in [6.07, 6.45) is 0.854. The van der Waals surface area contributed by atoms with Crippen molar-refractivity contribution in [3.8, 4) is 0 Å². The van der Waals surface area contributed by atoms with Gasteiger partial charge in [-0.25, -0.2) is 0 Å². The molecule has 4 heteroatoms. The first-order valence-electron chi connectivity index (χ1n) is 4.64. The molecule has 1 saturated heterocycles. The fourth-order valence-corrected chi connectivity index (χ4v) is 1.70. The Morgan fingerprint density at radius 2 is 2.42 bits per heavy atom. The molecule has 4 nitrogen and oxygen atoms in total. The van der Waals surface area contributed by atoms with E-state index < -0.39 is 0 Å². The van der Waals surface area contributed by atoms with Gasteiger partial charge in [-0.3, -0.25) is 4.90 Å². The summed E-state index contributed by atoms with van der Waals surface area (Å²) < 4.78 is 0. The Bertz CT molecular complexity index is 103. The van der Waals surface area contributed by atoms with Gasteiger partial charge in [0.15, 0.2) is 0 Å². The monoisotopic (exact) mass is 173 g/mol. The van der Waals surface area contributed by atoms with E-state index in [1.54, 1.807) is 0 Å². The minimum absolute atomic E-state index is 0.271. The van der Waals surface area contributed by atoms with Crippen LogP contribution in [0.2, 0.25) is 0 Å². The number of nitrogens with one attached hydrogen (secondary N) is 1. The number of nitrogens with two attached hydrogens (primary N) is 1. The third-order valence-corrected chi connectivity index (χ3v) is 2.35. The first kappa shape index (κ1) is 9.92. The van der Waals surface area contributed by atoms with E-state index in [-0.39, 0.29) is 6.61 Å². The maximum Gasteiger partial charge on any atom is 0.0446 e. The van der Waals surface area contributed by atoms with Crippen LogP contribution >= 0.6 is 0 Å². The smallest absolute Gasteiger partial charge is 0.0446 e. The van der Waals surface area contributed by atoms with E-state index in [0.29, 0.717) is 12.6 Å². The average Bonchev–Trinajstić information content (AvgIpc) is 2.09. The SMILES string of the molecule is NCCN1CCNCC1CCO. The number of rotatable bonds is 4. The molecule has 1 rings (SSSR count). The lowest BCUT2D eigenvalue weighted by Crippen LogP contribution is -2.52. The summed E-state index contributed by atoms with van der Waals surface area (Å²) in [5.74, 6) is 0. The topological polar surface area (TPSA) is 61.5 Å². The summed E-state index contributed by atoms with van der Waals surface area (Å²) in [7, 11) is 0. The quantitative estimate of drug-likeness (QED) is 0.489. The van der Waals surface area contributed by atoms with Crippen LogP contribution in [0.3, 0.4) is 0 Å². The van der Waals surface area contributed by atoms with Crippen LogP contribution in [0, 0.1) is 0 Å². The first-order valence-corrected chi connectivity index (χ1v) is 4.64. The van der Waals surface area contributed by atoms with Crippen LogP contribution < -0.4 is 11.1 Å². The number of piperazine rings is 1. The van der Waals surface area contributed by atoms with Crippen molar-refractivity contribution in [2.45, 2.75) is 12.5 Å². The second kappa shape index (κ2) is 5.48. The third kappa shape index (κ3) is 2.71. The lowest BCUT2D eigenvalue weighted by Gasteiger charge is -2.35. The number of nitrogens with zero attached hydrogens (tertiary/aromatic N) is 1. The van der Waals surface area contributed by atoms with Gasteiger partial charge in [0.1, 0.15) is 0 Å². The predicted molar refractivity (Wildman–Crippen MR) is 49.0 cm³/mol. The fraction of sp³-hybridized carbons (Fsp3) is 1.00. The number of hydrogen-bond acceptors (Lipinski definition) is 4. The molecular formula is C8H19N3O. The Balaban J connectivity index is 2.31. The summed E-state index contributed by atoms with van der Waals surface area (Å²) in [5, 5.41) is 12.1. The largest absolute Gasteiger partial charge is 0.396 e. The molecule has 0 amide bonds. The molecule has 0 spiro atoms. The molecule has 1 fully saturated rings. The van der Waals surface area contributed by atoms with Crippen molar-refractivity contribution in [3.63, 3.8) is 0 Å². The molecule has 1 unspecified atom stereocenters. The highest BCUT2D eigenvalue weighted by atomic mass is 16.3. The molecule has 0 aliphatic carbocycles. The van der Waals surface area contributed by atoms with Crippen molar-refractivity contribution in [3.05, 3.63) is 0 Å². The Morgan fingerprint density at radius 3 is 3.08 bits per heavy atom. The van der Waals surface area contributed by atoms with E-state index in [9.17, 15) is 0 Å². The van der Waals surface area contributed by atoms with Crippen LogP contribution in [-0.2, 0) is 0 Å². The van der Waals surface area contributed by atoms with E-state index in [4.69, 9.17) is 10.8 Å². The molecule has 72 valence electrons. The zero-order valence-corrected chi connectivity index (χ0v) is 7.50. The van der Waals surface area contributed by atoms with Crippen molar-refractivity contribution in [2.75, 3.05) is 39.3 Å². The van der Waals surface area contributed by atoms with Gasteiger partial charge in [-0.05, 0) is 6.42 Å². The zero-order chi connectivity index (χ0) is 8.81. The summed E-state index contributed by atoms with van der Waals surface area (Å²) in [6.45, 7) is 5.02. The highest BCUT2D eigenvalue weighted by molar-refractivity contribution is 4.79. The summed E-state index contributed by atoms with van der Waals surface area (Å²) in [6, 6.07) is 0.479. The number of aliphatic hydroxyl groups excluding tert-OH is 1. The van der Waals surface area contributed by atoms with Crippen LogP contribution in [0.4, 0.5) is 0 Å². The Kier molecular flexibility index (Phi) is 4.53. The summed E-state index contributed by atoms with van der Waals surface area (Å²) in [4.78, 5) is 2.35. The van der Waals surface area contributed by atoms with Gasteiger partial charge in [-0.1, -0.05) is 0 Å². The molecule has 1 heterocycles. The minimum Gasteiger partial charge on any atom is -0.396 e. The molecule has 0 aromatic carbocycles. The molecule has 0 aromatic heterocycles. The molecule has 1 atom stereocenters. The molecule has 0 aromatic rings. The van der Waals surface area contributed by atoms with Gasteiger partial charge in [0.2, 0.25) is 0 Å². The fourth-order valence-electron chi connectivity index (χ4n) is 1.70. The third-order valence-electron chi connectivity index (χ3n) is 2.35. The van der Waals surface area contributed by atoms with Gasteiger partial charge in [-0.15, -0.1) is 0 Å². The van der Waals surface area contributed by atoms with Crippen LogP contribution in [0.15, 0.2) is 0 Å². The second-order valence-electron chi connectivity index (χ2n) is 3.19. The van der Waals surface area contributed by atoms with E-state index in [1.807, 2.05) is 0 Å². The molecule has 1 aliphatic rings. The predicted octanol–water partition coefficient (Wildman–Crippen LogP) is -1.40. The van der Waals surface area contributed by atoms with Gasteiger partial charge in [0, 0.05) is 45.4 Å². The second-order valence-corrected chi connectivity index (χ2v) is 3.19. The van der Waals surface area contributed by atoms with Crippen molar-refractivity contribution in [1.82, 2.24) is 10.2 Å². The van der Waals surface area contributed by atoms with Crippen molar-refractivity contribution >= 4 is 0 Å². The number of hydrogen-bond donors (Lipinski definition) is 3. The number of aliphatic hydroxyl groups is 1. The molecule has 0 bridgehead atoms. The van der Waals surface area contributed by atoms with Gasteiger partial charge < -0.3 is 16.2 Å². The molecule has 1 aliphatic heterocycles. The maximum atomic E-state index is 8.82. The normalized spacial score (nSPS) is 26.0. The minimum atomic E-state index is 0.271. The zero-order valence-electron chi connectivity index (χ0n) is 7.50. The highest BCUT2D eigenvalue weighted by Gasteiger charge is 2.20. The Hall–Kier alpha value is -0.160. The standard InChI is InChI=1S/C8H19N3O/c9-2-4-11-5-3-10-7-8(11)1-6-12/h8,10,12H,1-7,9H2. The van der Waals surface area contributed by atoms with E-state index in [1.165, 1.54) is 0 Å². The molecule has 0 saturated carbocycles. The molecular weight excluding hydrogens is 154 g/mol. The van der Waals surface area contributed by atoms with Gasteiger partial charge >= 0.3 is 0 Å². The maximum absolute atomic E-state index is 8.82. The lowest BCUT2D eigenvalue weighted by molar-refractivity contribution is 0.134. The Labute approximate surface area is 73.7 Å². The highest BCUT2D eigenvalue weighted by Crippen LogP contribution is 2.05. The lowest BCUT2D eigenvalue weighted by atomic mass is 10.1. The van der Waals surface area contributed by atoms with Crippen LogP contribution in [0.5, 0.6) is 0 Å². The Morgan fingerprint density at radius 1 is 1.58 bits per heavy atom. The van der Waals surface area contributed by atoms with Crippen molar-refractivity contribution < 1.29 is 5.11 Å². The molecule has 12 heavy (non-hydrogen) atoms. The first-order chi connectivity index (χ1) is 5.88. The summed E-state index contributed by atoms with van der Waals surface area (Å²) in [5.41, 5.74) is 5.49. The van der Waals surface area contributed by atoms with E-state index >= 15 is 0 Å². The van der Waals surface area contributed by atoms with E-state index in [0.717, 1.165) is 32.6 Å².